The topological polar surface area (TPSA) is 46.5 Å². The molecule has 3 nitrogen and oxygen atoms in total. The van der Waals surface area contributed by atoms with Gasteiger partial charge in [-0.05, 0) is 41.2 Å². The molecule has 2 aromatic rings. The molecule has 0 spiro atoms. The minimum absolute atomic E-state index is 0.133. The number of carboxylic acid groups (broad SMARTS) is 1. The van der Waals surface area contributed by atoms with Crippen LogP contribution < -0.4 is 4.74 Å². The summed E-state index contributed by atoms with van der Waals surface area (Å²) in [6.45, 7) is 8.12. The van der Waals surface area contributed by atoms with Crippen molar-refractivity contribution < 1.29 is 14.6 Å². The average molecular weight is 347 g/mol. The number of carbonyl (C=O) groups is 1. The smallest absolute Gasteiger partial charge is 0.345 e. The van der Waals surface area contributed by atoms with Gasteiger partial charge in [0, 0.05) is 11.4 Å². The highest BCUT2D eigenvalue weighted by atomic mass is 35.5. The molecular formula is C20H23ClO3. The van der Waals surface area contributed by atoms with Crippen molar-refractivity contribution in [1.29, 1.82) is 0 Å². The van der Waals surface area contributed by atoms with Crippen LogP contribution in [0.3, 0.4) is 0 Å². The van der Waals surface area contributed by atoms with Gasteiger partial charge in [-0.2, -0.15) is 0 Å². The zero-order valence-corrected chi connectivity index (χ0v) is 15.2. The fraction of sp³-hybridized carbons (Fsp3) is 0.350. The van der Waals surface area contributed by atoms with Gasteiger partial charge in [-0.15, -0.1) is 0 Å². The van der Waals surface area contributed by atoms with E-state index in [4.69, 9.17) is 16.3 Å². The molecule has 1 N–H and O–H groups in total. The maximum atomic E-state index is 11.7. The van der Waals surface area contributed by atoms with E-state index in [1.54, 1.807) is 6.07 Å². The third-order valence-corrected chi connectivity index (χ3v) is 4.43. The molecule has 0 aliphatic carbocycles. The first-order chi connectivity index (χ1) is 11.2. The van der Waals surface area contributed by atoms with E-state index in [0.29, 0.717) is 10.8 Å². The minimum atomic E-state index is -0.988. The second-order valence-electron chi connectivity index (χ2n) is 6.92. The third kappa shape index (κ3) is 4.30. The minimum Gasteiger partial charge on any atom is -0.478 e. The van der Waals surface area contributed by atoms with Crippen molar-refractivity contribution in [1.82, 2.24) is 0 Å². The van der Waals surface area contributed by atoms with Crippen LogP contribution in [0, 0.1) is 6.92 Å². The predicted octanol–water partition coefficient (Wildman–Crippen LogP) is 5.02. The SMILES string of the molecule is Cc1c(Cl)cccc1C[C@H](Oc1ccccc1C(C)(C)C)C(=O)O. The lowest BCUT2D eigenvalue weighted by Gasteiger charge is -2.25. The zero-order valence-electron chi connectivity index (χ0n) is 14.5. The molecule has 0 saturated carbocycles. The summed E-state index contributed by atoms with van der Waals surface area (Å²) in [7, 11) is 0. The molecule has 24 heavy (non-hydrogen) atoms. The van der Waals surface area contributed by atoms with Crippen molar-refractivity contribution in [3.05, 3.63) is 64.2 Å². The zero-order chi connectivity index (χ0) is 17.9. The molecule has 4 heteroatoms. The van der Waals surface area contributed by atoms with Gasteiger partial charge in [-0.25, -0.2) is 4.79 Å². The van der Waals surface area contributed by atoms with E-state index in [0.717, 1.165) is 16.7 Å². The normalized spacial score (nSPS) is 12.7. The molecule has 0 aliphatic rings. The van der Waals surface area contributed by atoms with Crippen molar-refractivity contribution in [3.63, 3.8) is 0 Å². The van der Waals surface area contributed by atoms with E-state index in [1.807, 2.05) is 43.3 Å². The molecule has 0 saturated heterocycles. The van der Waals surface area contributed by atoms with Crippen LogP contribution in [0.15, 0.2) is 42.5 Å². The van der Waals surface area contributed by atoms with Gasteiger partial charge in [-0.1, -0.05) is 62.7 Å². The van der Waals surface area contributed by atoms with Gasteiger partial charge < -0.3 is 9.84 Å². The number of hydrogen-bond acceptors (Lipinski definition) is 2. The fourth-order valence-electron chi connectivity index (χ4n) is 2.59. The highest BCUT2D eigenvalue weighted by Gasteiger charge is 2.25. The number of halogens is 1. The number of para-hydroxylation sites is 1. The Bertz CT molecular complexity index is 732. The summed E-state index contributed by atoms with van der Waals surface area (Å²) in [6, 6.07) is 13.1. The largest absolute Gasteiger partial charge is 0.478 e. The molecule has 0 amide bonds. The Balaban J connectivity index is 2.31. The summed E-state index contributed by atoms with van der Waals surface area (Å²) in [5, 5.41) is 10.2. The van der Waals surface area contributed by atoms with Crippen LogP contribution in [0.5, 0.6) is 5.75 Å². The maximum absolute atomic E-state index is 11.7. The summed E-state index contributed by atoms with van der Waals surface area (Å²) in [5.41, 5.74) is 2.62. The lowest BCUT2D eigenvalue weighted by atomic mass is 9.86. The molecule has 0 unspecified atom stereocenters. The van der Waals surface area contributed by atoms with E-state index < -0.39 is 12.1 Å². The molecule has 0 aromatic heterocycles. The van der Waals surface area contributed by atoms with Crippen LogP contribution in [-0.2, 0) is 16.6 Å². The molecule has 2 aromatic carbocycles. The predicted molar refractivity (Wildman–Crippen MR) is 97.1 cm³/mol. The van der Waals surface area contributed by atoms with Gasteiger partial charge in [0.15, 0.2) is 6.10 Å². The summed E-state index contributed by atoms with van der Waals surface area (Å²) in [5.74, 6) is -0.379. The van der Waals surface area contributed by atoms with Gasteiger partial charge in [0.2, 0.25) is 0 Å². The lowest BCUT2D eigenvalue weighted by molar-refractivity contribution is -0.145. The Morgan fingerprint density at radius 3 is 2.46 bits per heavy atom. The van der Waals surface area contributed by atoms with E-state index >= 15 is 0 Å². The number of hydrogen-bond donors (Lipinski definition) is 1. The highest BCUT2D eigenvalue weighted by Crippen LogP contribution is 2.32. The molecule has 0 radical (unpaired) electrons. The Hall–Kier alpha value is -2.00. The summed E-state index contributed by atoms with van der Waals surface area (Å²) in [6.07, 6.45) is -0.703. The van der Waals surface area contributed by atoms with Crippen LogP contribution in [0.2, 0.25) is 5.02 Å². The van der Waals surface area contributed by atoms with Crippen molar-refractivity contribution in [2.75, 3.05) is 0 Å². The summed E-state index contributed by atoms with van der Waals surface area (Å²) >= 11 is 6.13. The second kappa shape index (κ2) is 7.27. The number of benzene rings is 2. The molecule has 1 atom stereocenters. The van der Waals surface area contributed by atoms with Gasteiger partial charge in [0.1, 0.15) is 5.75 Å². The Labute approximate surface area is 148 Å². The van der Waals surface area contributed by atoms with Crippen LogP contribution in [0.4, 0.5) is 0 Å². The van der Waals surface area contributed by atoms with Crippen LogP contribution in [-0.4, -0.2) is 17.2 Å². The first-order valence-corrected chi connectivity index (χ1v) is 8.31. The first-order valence-electron chi connectivity index (χ1n) is 7.93. The number of carboxylic acids is 1. The molecule has 0 aliphatic heterocycles. The third-order valence-electron chi connectivity index (χ3n) is 4.02. The molecular weight excluding hydrogens is 324 g/mol. The van der Waals surface area contributed by atoms with E-state index in [1.165, 1.54) is 0 Å². The van der Waals surface area contributed by atoms with Crippen molar-refractivity contribution in [2.45, 2.75) is 45.6 Å². The second-order valence-corrected chi connectivity index (χ2v) is 7.33. The van der Waals surface area contributed by atoms with E-state index in [9.17, 15) is 9.90 Å². The van der Waals surface area contributed by atoms with Crippen LogP contribution >= 0.6 is 11.6 Å². The molecule has 128 valence electrons. The van der Waals surface area contributed by atoms with Gasteiger partial charge >= 0.3 is 5.97 Å². The Morgan fingerprint density at radius 2 is 1.83 bits per heavy atom. The monoisotopic (exact) mass is 346 g/mol. The highest BCUT2D eigenvalue weighted by molar-refractivity contribution is 6.31. The van der Waals surface area contributed by atoms with Crippen LogP contribution in [0.1, 0.15) is 37.5 Å². The number of rotatable bonds is 5. The lowest BCUT2D eigenvalue weighted by Crippen LogP contribution is -2.30. The summed E-state index contributed by atoms with van der Waals surface area (Å²) < 4.78 is 5.89. The Kier molecular flexibility index (Phi) is 5.55. The van der Waals surface area contributed by atoms with Crippen molar-refractivity contribution >= 4 is 17.6 Å². The van der Waals surface area contributed by atoms with Gasteiger partial charge in [-0.3, -0.25) is 0 Å². The van der Waals surface area contributed by atoms with Gasteiger partial charge in [0.05, 0.1) is 0 Å². The van der Waals surface area contributed by atoms with Crippen molar-refractivity contribution in [3.8, 4) is 5.75 Å². The van der Waals surface area contributed by atoms with Gasteiger partial charge in [0.25, 0.3) is 0 Å². The molecule has 0 bridgehead atoms. The van der Waals surface area contributed by atoms with Crippen LogP contribution in [0.25, 0.3) is 0 Å². The number of aliphatic carboxylic acids is 1. The Morgan fingerprint density at radius 1 is 1.17 bits per heavy atom. The molecule has 2 rings (SSSR count). The van der Waals surface area contributed by atoms with Crippen molar-refractivity contribution in [2.24, 2.45) is 0 Å². The standard InChI is InChI=1S/C20H23ClO3/c1-13-14(8-7-10-16(13)21)12-18(19(22)23)24-17-11-6-5-9-15(17)20(2,3)4/h5-11,18H,12H2,1-4H3,(H,22,23)/t18-/m0/s1. The summed E-state index contributed by atoms with van der Waals surface area (Å²) in [4.78, 5) is 11.7. The van der Waals surface area contributed by atoms with E-state index in [2.05, 4.69) is 20.8 Å². The quantitative estimate of drug-likeness (QED) is 0.826. The molecule has 0 heterocycles. The number of ether oxygens (including phenoxy) is 1. The van der Waals surface area contributed by atoms with E-state index in [-0.39, 0.29) is 11.8 Å². The molecule has 0 fully saturated rings. The first kappa shape index (κ1) is 18.3. The average Bonchev–Trinajstić information content (AvgIpc) is 2.50. The maximum Gasteiger partial charge on any atom is 0.345 e. The fourth-order valence-corrected chi connectivity index (χ4v) is 2.79.